The topological polar surface area (TPSA) is 0 Å². The summed E-state index contributed by atoms with van der Waals surface area (Å²) in [5, 5.41) is 1.72. The highest BCUT2D eigenvalue weighted by Crippen LogP contribution is 2.62. The minimum atomic E-state index is 0.00591. The highest BCUT2D eigenvalue weighted by Gasteiger charge is 2.51. The van der Waals surface area contributed by atoms with Crippen LogP contribution < -0.4 is 0 Å². The van der Waals surface area contributed by atoms with E-state index >= 15 is 0 Å². The molecule has 0 amide bonds. The number of fused-ring (bicyclic) bond motifs is 12. The summed E-state index contributed by atoms with van der Waals surface area (Å²) in [4.78, 5) is 0. The predicted octanol–water partition coefficient (Wildman–Crippen LogP) is 16.9. The molecule has 4 aliphatic carbocycles. The molecule has 0 bridgehead atoms. The third-order valence-electron chi connectivity index (χ3n) is 15.5. The van der Waals surface area contributed by atoms with E-state index < -0.39 is 0 Å². The predicted molar refractivity (Wildman–Crippen MR) is 254 cm³/mol. The van der Waals surface area contributed by atoms with Gasteiger partial charge in [0.2, 0.25) is 0 Å². The average molecular weight is 816 g/mol. The van der Waals surface area contributed by atoms with E-state index in [0.717, 1.165) is 10.0 Å². The Hall–Kier alpha value is -4.10. The summed E-state index contributed by atoms with van der Waals surface area (Å²) < 4.78 is 0. The van der Waals surface area contributed by atoms with Crippen LogP contribution in [-0.2, 0) is 16.2 Å². The molecule has 1 unspecified atom stereocenters. The summed E-state index contributed by atoms with van der Waals surface area (Å²) in [7, 11) is 0. The summed E-state index contributed by atoms with van der Waals surface area (Å²) in [6.45, 7) is 28.4. The monoisotopic (exact) mass is 814 g/mol. The van der Waals surface area contributed by atoms with Crippen LogP contribution in [0.3, 0.4) is 0 Å². The van der Waals surface area contributed by atoms with Gasteiger partial charge in [-0.3, -0.25) is 0 Å². The molecule has 0 saturated heterocycles. The lowest BCUT2D eigenvalue weighted by Gasteiger charge is -2.40. The van der Waals surface area contributed by atoms with Crippen molar-refractivity contribution in [3.05, 3.63) is 164 Å². The van der Waals surface area contributed by atoms with Crippen LogP contribution in [-0.4, -0.2) is 0 Å². The third kappa shape index (κ3) is 5.34. The first kappa shape index (κ1) is 40.3. The van der Waals surface area contributed by atoms with Gasteiger partial charge in [-0.15, -0.1) is 0 Å². The molecule has 2 heteroatoms. The van der Waals surface area contributed by atoms with E-state index in [1.807, 2.05) is 0 Å². The van der Waals surface area contributed by atoms with E-state index in [9.17, 15) is 0 Å². The van der Waals surface area contributed by atoms with Gasteiger partial charge in [0.05, 0.1) is 0 Å². The van der Waals surface area contributed by atoms with Crippen LogP contribution in [0, 0.1) is 29.6 Å². The van der Waals surface area contributed by atoms with Crippen LogP contribution in [0.4, 0.5) is 0 Å². The maximum absolute atomic E-state index is 6.76. The van der Waals surface area contributed by atoms with Gasteiger partial charge in [0.15, 0.2) is 0 Å². The fraction of sp³-hybridized carbons (Fsp3) is 0.368. The van der Waals surface area contributed by atoms with Gasteiger partial charge in [-0.1, -0.05) is 173 Å². The zero-order valence-corrected chi connectivity index (χ0v) is 38.6. The Kier molecular flexibility index (Phi) is 9.55. The molecule has 1 atom stereocenters. The Bertz CT molecular complexity index is 2650. The molecule has 6 aromatic rings. The molecule has 0 N–H and O–H groups in total. The molecular weight excluding hydrogens is 756 g/mol. The third-order valence-corrected chi connectivity index (χ3v) is 16.0. The van der Waals surface area contributed by atoms with Crippen molar-refractivity contribution < 1.29 is 0 Å². The summed E-state index contributed by atoms with van der Waals surface area (Å²) in [6.07, 6.45) is 0. The first-order chi connectivity index (χ1) is 28.0. The van der Waals surface area contributed by atoms with Gasteiger partial charge in [0.1, 0.15) is 0 Å². The quantitative estimate of drug-likeness (QED) is 0.163. The summed E-state index contributed by atoms with van der Waals surface area (Å²) in [5.74, 6) is 2.87. The second kappa shape index (κ2) is 14.0. The summed E-state index contributed by atoms with van der Waals surface area (Å²) in [5.41, 5.74) is 22.7. The van der Waals surface area contributed by atoms with Crippen LogP contribution in [0.5, 0.6) is 0 Å². The van der Waals surface area contributed by atoms with Crippen molar-refractivity contribution in [1.29, 1.82) is 0 Å². The van der Waals surface area contributed by atoms with E-state index in [1.165, 1.54) is 89.0 Å². The molecule has 4 aliphatic rings. The molecule has 0 spiro atoms. The van der Waals surface area contributed by atoms with Gasteiger partial charge in [-0.05, 0) is 161 Å². The fourth-order valence-corrected chi connectivity index (χ4v) is 13.7. The smallest absolute Gasteiger partial charge is 0.0450 e. The number of rotatable bonds is 5. The number of hydrogen-bond acceptors (Lipinski definition) is 0. The Labute approximate surface area is 364 Å². The standard InChI is InChI=1S/C29H31Cl.C28H29Cl/c1-16(2)27-23-14-22-19-10-7-8-12-24(19)29(17(3)4,18(5)6)25(22)15-21(23)20-11-9-13-26(30)28(20)27;1-16(2)28(17(3)4)24-12-11-18(29)13-20(24)22-14-25-21(15-26(22)28)19-9-7-8-10-23(19)27(25,5)6/h7-18,27H,1-6H3;7-17H,1-6H3. The molecule has 302 valence electrons. The lowest BCUT2D eigenvalue weighted by atomic mass is 9.62. The Morgan fingerprint density at radius 3 is 1.46 bits per heavy atom. The number of halogens is 2. The van der Waals surface area contributed by atoms with Crippen LogP contribution >= 0.6 is 23.2 Å². The number of benzene rings is 6. The maximum atomic E-state index is 6.76. The van der Waals surface area contributed by atoms with Crippen LogP contribution in [0.15, 0.2) is 109 Å². The summed E-state index contributed by atoms with van der Waals surface area (Å²) in [6, 6.07) is 41.0. The van der Waals surface area contributed by atoms with Crippen molar-refractivity contribution in [2.75, 3.05) is 0 Å². The highest BCUT2D eigenvalue weighted by molar-refractivity contribution is 6.32. The molecule has 0 fully saturated rings. The van der Waals surface area contributed by atoms with E-state index in [1.54, 1.807) is 0 Å². The van der Waals surface area contributed by atoms with Crippen molar-refractivity contribution in [3.63, 3.8) is 0 Å². The lowest BCUT2D eigenvalue weighted by molar-refractivity contribution is 0.280. The molecule has 59 heavy (non-hydrogen) atoms. The molecule has 0 nitrogen and oxygen atoms in total. The Morgan fingerprint density at radius 1 is 0.407 bits per heavy atom. The molecule has 0 saturated carbocycles. The average Bonchev–Trinajstić information content (AvgIpc) is 3.85. The van der Waals surface area contributed by atoms with E-state index in [4.69, 9.17) is 23.2 Å². The zero-order valence-electron chi connectivity index (χ0n) is 37.1. The minimum absolute atomic E-state index is 0.00591. The first-order valence-corrected chi connectivity index (χ1v) is 22.9. The minimum Gasteiger partial charge on any atom is -0.0843 e. The fourth-order valence-electron chi connectivity index (χ4n) is 13.2. The van der Waals surface area contributed by atoms with Crippen molar-refractivity contribution in [2.45, 2.75) is 105 Å². The van der Waals surface area contributed by atoms with Gasteiger partial charge >= 0.3 is 0 Å². The SMILES string of the molecule is CC(C)C1(C(C)C)c2ccc(Cl)cc2-c2cc3c(cc21)-c1ccccc1C3(C)C.CC(C)C1c2cc3c(cc2-c2cccc(Cl)c21)C(C(C)C)(C(C)C)c1ccccc1-3. The molecule has 10 rings (SSSR count). The zero-order chi connectivity index (χ0) is 42.1. The maximum Gasteiger partial charge on any atom is 0.0450 e. The van der Waals surface area contributed by atoms with Gasteiger partial charge in [-0.25, -0.2) is 0 Å². The van der Waals surface area contributed by atoms with Gasteiger partial charge < -0.3 is 0 Å². The normalized spacial score (nSPS) is 17.6. The van der Waals surface area contributed by atoms with Crippen LogP contribution in [0.25, 0.3) is 44.5 Å². The van der Waals surface area contributed by atoms with Crippen molar-refractivity contribution >= 4 is 23.2 Å². The Morgan fingerprint density at radius 2 is 0.864 bits per heavy atom. The molecule has 0 heterocycles. The van der Waals surface area contributed by atoms with Crippen LogP contribution in [0.2, 0.25) is 10.0 Å². The van der Waals surface area contributed by atoms with Gasteiger partial charge in [0.25, 0.3) is 0 Å². The summed E-state index contributed by atoms with van der Waals surface area (Å²) >= 11 is 13.3. The second-order valence-corrected chi connectivity index (χ2v) is 21.0. The van der Waals surface area contributed by atoms with E-state index in [-0.39, 0.29) is 16.2 Å². The molecule has 6 aromatic carbocycles. The van der Waals surface area contributed by atoms with Crippen molar-refractivity contribution in [1.82, 2.24) is 0 Å². The first-order valence-electron chi connectivity index (χ1n) is 22.2. The van der Waals surface area contributed by atoms with Gasteiger partial charge in [0, 0.05) is 32.2 Å². The van der Waals surface area contributed by atoms with Gasteiger partial charge in [-0.2, -0.15) is 0 Å². The van der Waals surface area contributed by atoms with E-state index in [2.05, 4.69) is 192 Å². The second-order valence-electron chi connectivity index (χ2n) is 20.1. The lowest BCUT2D eigenvalue weighted by Crippen LogP contribution is -2.37. The van der Waals surface area contributed by atoms with Crippen molar-refractivity contribution in [2.24, 2.45) is 29.6 Å². The molecule has 0 aromatic heterocycles. The van der Waals surface area contributed by atoms with E-state index in [0.29, 0.717) is 35.5 Å². The highest BCUT2D eigenvalue weighted by atomic mass is 35.5. The Balaban J connectivity index is 0.000000152. The van der Waals surface area contributed by atoms with Crippen molar-refractivity contribution in [3.8, 4) is 44.5 Å². The molecule has 0 radical (unpaired) electrons. The largest absolute Gasteiger partial charge is 0.0843 e. The molecule has 0 aliphatic heterocycles. The number of hydrogen-bond donors (Lipinski definition) is 0. The molecular formula is C57H60Cl2. The van der Waals surface area contributed by atoms with Crippen LogP contribution in [0.1, 0.15) is 134 Å².